The predicted molar refractivity (Wildman–Crippen MR) is 70.7 cm³/mol. The third-order valence-corrected chi connectivity index (χ3v) is 4.36. The van der Waals surface area contributed by atoms with E-state index in [1.54, 1.807) is 7.11 Å². The SMILES string of the molecule is COCCOCCCNC1C2CCOC2C1(C)C. The van der Waals surface area contributed by atoms with Gasteiger partial charge in [0.1, 0.15) is 0 Å². The Morgan fingerprint density at radius 3 is 2.89 bits per heavy atom. The maximum absolute atomic E-state index is 5.79. The fourth-order valence-electron chi connectivity index (χ4n) is 3.41. The molecule has 3 atom stereocenters. The summed E-state index contributed by atoms with van der Waals surface area (Å²) < 4.78 is 16.2. The fraction of sp³-hybridized carbons (Fsp3) is 1.00. The summed E-state index contributed by atoms with van der Waals surface area (Å²) in [4.78, 5) is 0. The van der Waals surface area contributed by atoms with E-state index in [0.717, 1.165) is 32.1 Å². The van der Waals surface area contributed by atoms with Crippen molar-refractivity contribution in [3.05, 3.63) is 0 Å². The van der Waals surface area contributed by atoms with Gasteiger partial charge in [0.15, 0.2) is 0 Å². The van der Waals surface area contributed by atoms with Crippen LogP contribution >= 0.6 is 0 Å². The lowest BCUT2D eigenvalue weighted by atomic mass is 9.57. The second-order valence-corrected chi connectivity index (χ2v) is 5.96. The zero-order valence-corrected chi connectivity index (χ0v) is 11.9. The molecule has 4 nitrogen and oxygen atoms in total. The lowest BCUT2D eigenvalue weighted by Gasteiger charge is -2.55. The van der Waals surface area contributed by atoms with Crippen LogP contribution in [0.4, 0.5) is 0 Å². The Labute approximate surface area is 110 Å². The highest BCUT2D eigenvalue weighted by atomic mass is 16.5. The van der Waals surface area contributed by atoms with Crippen LogP contribution < -0.4 is 5.32 Å². The molecular weight excluding hydrogens is 230 g/mol. The lowest BCUT2D eigenvalue weighted by molar-refractivity contribution is -0.112. The number of hydrogen-bond acceptors (Lipinski definition) is 4. The van der Waals surface area contributed by atoms with Gasteiger partial charge in [-0.05, 0) is 19.4 Å². The molecule has 0 aromatic carbocycles. The minimum Gasteiger partial charge on any atom is -0.382 e. The topological polar surface area (TPSA) is 39.7 Å². The zero-order valence-electron chi connectivity index (χ0n) is 11.9. The summed E-state index contributed by atoms with van der Waals surface area (Å²) in [6.07, 6.45) is 2.76. The third kappa shape index (κ3) is 2.87. The molecule has 2 rings (SSSR count). The van der Waals surface area contributed by atoms with Crippen molar-refractivity contribution in [1.82, 2.24) is 5.32 Å². The molecule has 1 aliphatic heterocycles. The Balaban J connectivity index is 1.57. The number of hydrogen-bond donors (Lipinski definition) is 1. The maximum atomic E-state index is 5.79. The highest BCUT2D eigenvalue weighted by Gasteiger charge is 2.58. The quantitative estimate of drug-likeness (QED) is 0.668. The van der Waals surface area contributed by atoms with Crippen molar-refractivity contribution >= 4 is 0 Å². The molecule has 0 aromatic heterocycles. The molecule has 0 amide bonds. The van der Waals surface area contributed by atoms with Crippen LogP contribution in [0.15, 0.2) is 0 Å². The molecule has 1 saturated carbocycles. The van der Waals surface area contributed by atoms with Crippen molar-refractivity contribution in [2.45, 2.75) is 38.8 Å². The van der Waals surface area contributed by atoms with E-state index in [2.05, 4.69) is 19.2 Å². The average Bonchev–Trinajstić information content (AvgIpc) is 2.79. The molecule has 106 valence electrons. The smallest absolute Gasteiger partial charge is 0.0700 e. The fourth-order valence-corrected chi connectivity index (χ4v) is 3.41. The molecule has 1 heterocycles. The molecule has 0 radical (unpaired) electrons. The molecule has 0 bridgehead atoms. The molecule has 18 heavy (non-hydrogen) atoms. The van der Waals surface area contributed by atoms with E-state index < -0.39 is 0 Å². The first-order chi connectivity index (χ1) is 8.68. The molecular formula is C14H27NO3. The Morgan fingerprint density at radius 1 is 1.28 bits per heavy atom. The van der Waals surface area contributed by atoms with Gasteiger partial charge < -0.3 is 19.5 Å². The Hall–Kier alpha value is -0.160. The number of nitrogens with one attached hydrogen (secondary N) is 1. The van der Waals surface area contributed by atoms with E-state index >= 15 is 0 Å². The van der Waals surface area contributed by atoms with Crippen LogP contribution in [-0.2, 0) is 14.2 Å². The molecule has 2 aliphatic rings. The van der Waals surface area contributed by atoms with E-state index in [-0.39, 0.29) is 5.41 Å². The van der Waals surface area contributed by atoms with E-state index in [9.17, 15) is 0 Å². The summed E-state index contributed by atoms with van der Waals surface area (Å²) in [7, 11) is 1.70. The molecule has 1 saturated heterocycles. The van der Waals surface area contributed by atoms with Gasteiger partial charge in [-0.2, -0.15) is 0 Å². The largest absolute Gasteiger partial charge is 0.382 e. The summed E-state index contributed by atoms with van der Waals surface area (Å²) in [6, 6.07) is 0.615. The summed E-state index contributed by atoms with van der Waals surface area (Å²) in [5.41, 5.74) is 0.290. The third-order valence-electron chi connectivity index (χ3n) is 4.36. The van der Waals surface area contributed by atoms with E-state index in [1.807, 2.05) is 0 Å². The number of fused-ring (bicyclic) bond motifs is 1. The van der Waals surface area contributed by atoms with Crippen LogP contribution in [0.1, 0.15) is 26.7 Å². The van der Waals surface area contributed by atoms with Crippen LogP contribution in [0.5, 0.6) is 0 Å². The zero-order chi connectivity index (χ0) is 13.0. The minimum absolute atomic E-state index is 0.290. The van der Waals surface area contributed by atoms with Gasteiger partial charge >= 0.3 is 0 Å². The van der Waals surface area contributed by atoms with Gasteiger partial charge in [-0.1, -0.05) is 13.8 Å². The Morgan fingerprint density at radius 2 is 2.11 bits per heavy atom. The van der Waals surface area contributed by atoms with Crippen molar-refractivity contribution in [2.75, 3.05) is 40.1 Å². The van der Waals surface area contributed by atoms with Crippen LogP contribution in [0.3, 0.4) is 0 Å². The summed E-state index contributed by atoms with van der Waals surface area (Å²) in [6.45, 7) is 8.79. The van der Waals surface area contributed by atoms with Crippen LogP contribution in [0.25, 0.3) is 0 Å². The molecule has 1 N–H and O–H groups in total. The average molecular weight is 257 g/mol. The lowest BCUT2D eigenvalue weighted by Crippen LogP contribution is -2.65. The van der Waals surface area contributed by atoms with Crippen LogP contribution in [0.2, 0.25) is 0 Å². The van der Waals surface area contributed by atoms with E-state index in [4.69, 9.17) is 14.2 Å². The monoisotopic (exact) mass is 257 g/mol. The van der Waals surface area contributed by atoms with Gasteiger partial charge in [-0.3, -0.25) is 0 Å². The standard InChI is InChI=1S/C14H27NO3/c1-14(2)12(11-5-8-18-13(11)14)15-6-4-7-17-10-9-16-3/h11-13,15H,4-10H2,1-3H3. The summed E-state index contributed by atoms with van der Waals surface area (Å²) >= 11 is 0. The van der Waals surface area contributed by atoms with Crippen molar-refractivity contribution in [3.63, 3.8) is 0 Å². The minimum atomic E-state index is 0.290. The molecule has 4 heteroatoms. The molecule has 0 aromatic rings. The Kier molecular flexibility index (Phi) is 5.01. The normalized spacial score (nSPS) is 33.2. The van der Waals surface area contributed by atoms with E-state index in [1.165, 1.54) is 6.42 Å². The highest BCUT2D eigenvalue weighted by molar-refractivity contribution is 5.11. The first kappa shape index (κ1) is 14.3. The first-order valence-electron chi connectivity index (χ1n) is 7.09. The van der Waals surface area contributed by atoms with Crippen LogP contribution in [0, 0.1) is 11.3 Å². The molecule has 0 spiro atoms. The summed E-state index contributed by atoms with van der Waals surface area (Å²) in [5, 5.41) is 3.68. The van der Waals surface area contributed by atoms with Gasteiger partial charge in [-0.15, -0.1) is 0 Å². The molecule has 2 fully saturated rings. The van der Waals surface area contributed by atoms with Crippen molar-refractivity contribution in [3.8, 4) is 0 Å². The second kappa shape index (κ2) is 6.33. The van der Waals surface area contributed by atoms with Gasteiger partial charge in [-0.25, -0.2) is 0 Å². The molecule has 1 aliphatic carbocycles. The van der Waals surface area contributed by atoms with Gasteiger partial charge in [0.05, 0.1) is 19.3 Å². The van der Waals surface area contributed by atoms with Crippen molar-refractivity contribution in [2.24, 2.45) is 11.3 Å². The number of rotatable bonds is 8. The number of methoxy groups -OCH3 is 1. The molecule has 3 unspecified atom stereocenters. The van der Waals surface area contributed by atoms with Gasteiger partial charge in [0.2, 0.25) is 0 Å². The van der Waals surface area contributed by atoms with Gasteiger partial charge in [0, 0.05) is 37.7 Å². The highest BCUT2D eigenvalue weighted by Crippen LogP contribution is 2.51. The van der Waals surface area contributed by atoms with Crippen molar-refractivity contribution in [1.29, 1.82) is 0 Å². The van der Waals surface area contributed by atoms with E-state index in [0.29, 0.717) is 25.4 Å². The van der Waals surface area contributed by atoms with Gasteiger partial charge in [0.25, 0.3) is 0 Å². The number of ether oxygens (including phenoxy) is 3. The van der Waals surface area contributed by atoms with Crippen molar-refractivity contribution < 1.29 is 14.2 Å². The second-order valence-electron chi connectivity index (χ2n) is 5.96. The Bertz CT molecular complexity index is 257. The first-order valence-corrected chi connectivity index (χ1v) is 7.09. The maximum Gasteiger partial charge on any atom is 0.0700 e. The van der Waals surface area contributed by atoms with Crippen LogP contribution in [-0.4, -0.2) is 52.2 Å². The summed E-state index contributed by atoms with van der Waals surface area (Å²) in [5.74, 6) is 0.731. The predicted octanol–water partition coefficient (Wildman–Crippen LogP) is 1.44.